The zero-order chi connectivity index (χ0) is 22.1. The lowest BCUT2D eigenvalue weighted by atomic mass is 10.1. The van der Waals surface area contributed by atoms with Crippen molar-refractivity contribution in [2.45, 2.75) is 32.7 Å². The number of carbonyl (C=O) groups excluding carboxylic acids is 1. The van der Waals surface area contributed by atoms with Gasteiger partial charge in [-0.3, -0.25) is 14.8 Å². The summed E-state index contributed by atoms with van der Waals surface area (Å²) in [6.45, 7) is 5.96. The standard InChI is InChI=1S/C23H30FN5O2.HI/c1-3-26-23(28-12-11-27-22(30)19-5-4-10-25-14-19)29-16(2)18-8-9-21(20(24)13-18)31-15-17-6-7-17;/h4-5,8-10,13-14,16-17H,3,6-7,11-12,15H2,1-2H3,(H,27,30)(H2,26,28,29);1H. The van der Waals surface area contributed by atoms with Crippen molar-refractivity contribution >= 4 is 35.8 Å². The molecule has 3 rings (SSSR count). The maximum absolute atomic E-state index is 14.4. The molecule has 32 heavy (non-hydrogen) atoms. The Hall–Kier alpha value is -2.43. The molecule has 1 saturated carbocycles. The minimum Gasteiger partial charge on any atom is -0.490 e. The summed E-state index contributed by atoms with van der Waals surface area (Å²) in [7, 11) is 0. The van der Waals surface area contributed by atoms with E-state index in [1.165, 1.54) is 25.1 Å². The van der Waals surface area contributed by atoms with E-state index in [0.29, 0.717) is 49.4 Å². The number of aliphatic imine (C=N–C) groups is 1. The number of amides is 1. The summed E-state index contributed by atoms with van der Waals surface area (Å²) < 4.78 is 19.9. The van der Waals surface area contributed by atoms with Gasteiger partial charge in [-0.1, -0.05) is 6.07 Å². The second-order valence-corrected chi connectivity index (χ2v) is 7.57. The summed E-state index contributed by atoms with van der Waals surface area (Å²) in [5.41, 5.74) is 1.31. The maximum atomic E-state index is 14.4. The molecule has 174 valence electrons. The summed E-state index contributed by atoms with van der Waals surface area (Å²) >= 11 is 0. The van der Waals surface area contributed by atoms with Crippen molar-refractivity contribution in [1.82, 2.24) is 20.9 Å². The van der Waals surface area contributed by atoms with E-state index < -0.39 is 0 Å². The van der Waals surface area contributed by atoms with Crippen LogP contribution in [0.1, 0.15) is 48.7 Å². The molecule has 0 saturated heterocycles. The molecule has 1 atom stereocenters. The summed E-state index contributed by atoms with van der Waals surface area (Å²) in [6, 6.07) is 8.31. The van der Waals surface area contributed by atoms with Gasteiger partial charge in [0.1, 0.15) is 0 Å². The molecule has 9 heteroatoms. The second kappa shape index (κ2) is 13.2. The molecule has 0 spiro atoms. The number of nitrogens with one attached hydrogen (secondary N) is 3. The van der Waals surface area contributed by atoms with Gasteiger partial charge in [-0.15, -0.1) is 24.0 Å². The molecule has 1 fully saturated rings. The van der Waals surface area contributed by atoms with Crippen LogP contribution >= 0.6 is 24.0 Å². The first-order valence-corrected chi connectivity index (χ1v) is 10.7. The number of carbonyl (C=O) groups is 1. The lowest BCUT2D eigenvalue weighted by molar-refractivity contribution is 0.0954. The van der Waals surface area contributed by atoms with Gasteiger partial charge < -0.3 is 20.7 Å². The molecule has 2 aromatic rings. The van der Waals surface area contributed by atoms with Crippen LogP contribution in [0.3, 0.4) is 0 Å². The number of rotatable bonds is 10. The second-order valence-electron chi connectivity index (χ2n) is 7.57. The maximum Gasteiger partial charge on any atom is 0.252 e. The minimum absolute atomic E-state index is 0. The number of aromatic nitrogens is 1. The number of halogens is 2. The molecule has 0 aliphatic heterocycles. The number of ether oxygens (including phenoxy) is 1. The minimum atomic E-state index is -0.355. The first kappa shape index (κ1) is 25.8. The van der Waals surface area contributed by atoms with Gasteiger partial charge in [-0.25, -0.2) is 4.39 Å². The molecule has 1 aromatic heterocycles. The zero-order valence-corrected chi connectivity index (χ0v) is 20.8. The predicted molar refractivity (Wildman–Crippen MR) is 134 cm³/mol. The SMILES string of the molecule is CCNC(=NCCNC(=O)c1cccnc1)NC(C)c1ccc(OCC2CC2)c(F)c1.I. The van der Waals surface area contributed by atoms with Gasteiger partial charge in [0.05, 0.1) is 24.8 Å². The molecule has 3 N–H and O–H groups in total. The Balaban J connectivity index is 0.00000363. The van der Waals surface area contributed by atoms with Crippen molar-refractivity contribution in [1.29, 1.82) is 0 Å². The Morgan fingerprint density at radius 1 is 1.31 bits per heavy atom. The Labute approximate surface area is 205 Å². The van der Waals surface area contributed by atoms with Crippen LogP contribution in [0.2, 0.25) is 0 Å². The van der Waals surface area contributed by atoms with E-state index in [9.17, 15) is 9.18 Å². The highest BCUT2D eigenvalue weighted by molar-refractivity contribution is 14.0. The smallest absolute Gasteiger partial charge is 0.252 e. The van der Waals surface area contributed by atoms with E-state index >= 15 is 0 Å². The first-order valence-electron chi connectivity index (χ1n) is 10.7. The summed E-state index contributed by atoms with van der Waals surface area (Å²) in [5, 5.41) is 9.25. The van der Waals surface area contributed by atoms with Gasteiger partial charge in [0, 0.05) is 25.5 Å². The van der Waals surface area contributed by atoms with Gasteiger partial charge >= 0.3 is 0 Å². The highest BCUT2D eigenvalue weighted by atomic mass is 127. The van der Waals surface area contributed by atoms with Crippen molar-refractivity contribution in [3.05, 3.63) is 59.7 Å². The Bertz CT molecular complexity index is 893. The highest BCUT2D eigenvalue weighted by Gasteiger charge is 2.22. The average molecular weight is 555 g/mol. The van der Waals surface area contributed by atoms with E-state index in [-0.39, 0.29) is 41.7 Å². The van der Waals surface area contributed by atoms with Crippen LogP contribution < -0.4 is 20.7 Å². The monoisotopic (exact) mass is 555 g/mol. The van der Waals surface area contributed by atoms with Crippen molar-refractivity contribution in [2.24, 2.45) is 10.9 Å². The lowest BCUT2D eigenvalue weighted by Gasteiger charge is -2.19. The van der Waals surface area contributed by atoms with Crippen molar-refractivity contribution < 1.29 is 13.9 Å². The third-order valence-corrected chi connectivity index (χ3v) is 4.92. The summed E-state index contributed by atoms with van der Waals surface area (Å²) in [4.78, 5) is 20.5. The fourth-order valence-electron chi connectivity index (χ4n) is 2.94. The van der Waals surface area contributed by atoms with Crippen LogP contribution in [0.5, 0.6) is 5.75 Å². The number of pyridine rings is 1. The molecule has 1 heterocycles. The van der Waals surface area contributed by atoms with Crippen LogP contribution in [0.15, 0.2) is 47.7 Å². The number of benzene rings is 1. The van der Waals surface area contributed by atoms with Gasteiger partial charge in [0.15, 0.2) is 17.5 Å². The first-order chi connectivity index (χ1) is 15.1. The van der Waals surface area contributed by atoms with Crippen LogP contribution in [0.4, 0.5) is 4.39 Å². The molecule has 1 aliphatic rings. The highest BCUT2D eigenvalue weighted by Crippen LogP contribution is 2.30. The van der Waals surface area contributed by atoms with Crippen molar-refractivity contribution in [3.63, 3.8) is 0 Å². The molecule has 7 nitrogen and oxygen atoms in total. The van der Waals surface area contributed by atoms with Crippen LogP contribution in [-0.4, -0.2) is 43.1 Å². The molecule has 1 amide bonds. The van der Waals surface area contributed by atoms with Gasteiger partial charge in [0.2, 0.25) is 0 Å². The van der Waals surface area contributed by atoms with Gasteiger partial charge in [0.25, 0.3) is 5.91 Å². The molecular weight excluding hydrogens is 524 g/mol. The average Bonchev–Trinajstić information content (AvgIpc) is 3.61. The van der Waals surface area contributed by atoms with Crippen LogP contribution in [0, 0.1) is 11.7 Å². The van der Waals surface area contributed by atoms with Crippen LogP contribution in [-0.2, 0) is 0 Å². The van der Waals surface area contributed by atoms with Crippen LogP contribution in [0.25, 0.3) is 0 Å². The zero-order valence-electron chi connectivity index (χ0n) is 18.4. The third kappa shape index (κ3) is 8.25. The number of nitrogens with zero attached hydrogens (tertiary/aromatic N) is 2. The number of hydrogen-bond donors (Lipinski definition) is 3. The van der Waals surface area contributed by atoms with Crippen molar-refractivity contribution in [2.75, 3.05) is 26.2 Å². The van der Waals surface area contributed by atoms with Gasteiger partial charge in [-0.2, -0.15) is 0 Å². The predicted octanol–water partition coefficient (Wildman–Crippen LogP) is 3.67. The fraction of sp³-hybridized carbons (Fsp3) is 0.435. The summed E-state index contributed by atoms with van der Waals surface area (Å²) in [6.07, 6.45) is 5.48. The molecule has 0 radical (unpaired) electrons. The molecule has 1 unspecified atom stereocenters. The molecular formula is C23H31FIN5O2. The topological polar surface area (TPSA) is 87.6 Å². The van der Waals surface area contributed by atoms with E-state index in [1.54, 1.807) is 24.4 Å². The number of guanidine groups is 1. The Morgan fingerprint density at radius 2 is 2.12 bits per heavy atom. The Morgan fingerprint density at radius 3 is 2.78 bits per heavy atom. The Kier molecular flexibility index (Phi) is 10.6. The van der Waals surface area contributed by atoms with Gasteiger partial charge in [-0.05, 0) is 62.4 Å². The molecule has 1 aromatic carbocycles. The third-order valence-electron chi connectivity index (χ3n) is 4.92. The van der Waals surface area contributed by atoms with E-state index in [0.717, 1.165) is 5.56 Å². The largest absolute Gasteiger partial charge is 0.490 e. The molecule has 0 bridgehead atoms. The quantitative estimate of drug-likeness (QED) is 0.180. The fourth-order valence-corrected chi connectivity index (χ4v) is 2.94. The summed E-state index contributed by atoms with van der Waals surface area (Å²) in [5.74, 6) is 0.932. The normalized spacial score (nSPS) is 14.2. The van der Waals surface area contributed by atoms with Crippen molar-refractivity contribution in [3.8, 4) is 5.75 Å². The lowest BCUT2D eigenvalue weighted by Crippen LogP contribution is -2.39. The number of hydrogen-bond acceptors (Lipinski definition) is 4. The molecule has 1 aliphatic carbocycles. The van der Waals surface area contributed by atoms with E-state index in [4.69, 9.17) is 4.74 Å². The van der Waals surface area contributed by atoms with E-state index in [2.05, 4.69) is 25.9 Å². The van der Waals surface area contributed by atoms with E-state index in [1.807, 2.05) is 19.9 Å².